The zero-order valence-corrected chi connectivity index (χ0v) is 14.6. The largest absolute Gasteiger partial charge is 0.315 e. The van der Waals surface area contributed by atoms with Gasteiger partial charge in [-0.05, 0) is 60.2 Å². The van der Waals surface area contributed by atoms with Gasteiger partial charge in [-0.2, -0.15) is 0 Å². The molecule has 0 atom stereocenters. The van der Waals surface area contributed by atoms with Gasteiger partial charge in [0.25, 0.3) is 0 Å². The molecule has 0 saturated heterocycles. The minimum Gasteiger partial charge on any atom is -0.315 e. The van der Waals surface area contributed by atoms with E-state index in [1.54, 1.807) is 0 Å². The molecule has 1 aromatic carbocycles. The van der Waals surface area contributed by atoms with E-state index < -0.39 is 10.0 Å². The zero-order chi connectivity index (χ0) is 15.2. The average molecular weight is 414 g/mol. The summed E-state index contributed by atoms with van der Waals surface area (Å²) in [4.78, 5) is 0. The van der Waals surface area contributed by atoms with Crippen molar-refractivity contribution in [1.82, 2.24) is 5.32 Å². The van der Waals surface area contributed by atoms with Crippen molar-refractivity contribution in [3.63, 3.8) is 0 Å². The highest BCUT2D eigenvalue weighted by Crippen LogP contribution is 2.20. The van der Waals surface area contributed by atoms with Gasteiger partial charge in [0.15, 0.2) is 0 Å². The SMILES string of the molecule is CC(C)NCCCCS(=O)(=O)Nc1ccc(F)cc1I. The quantitative estimate of drug-likeness (QED) is 0.508. The molecule has 0 bridgehead atoms. The molecule has 2 N–H and O–H groups in total. The van der Waals surface area contributed by atoms with E-state index >= 15 is 0 Å². The Morgan fingerprint density at radius 3 is 2.60 bits per heavy atom. The Morgan fingerprint density at radius 1 is 1.30 bits per heavy atom. The van der Waals surface area contributed by atoms with Gasteiger partial charge in [-0.3, -0.25) is 4.72 Å². The van der Waals surface area contributed by atoms with Crippen LogP contribution in [-0.4, -0.2) is 26.8 Å². The van der Waals surface area contributed by atoms with Crippen molar-refractivity contribution in [3.8, 4) is 0 Å². The third kappa shape index (κ3) is 6.85. The summed E-state index contributed by atoms with van der Waals surface area (Å²) >= 11 is 1.91. The molecule has 0 aliphatic carbocycles. The maximum Gasteiger partial charge on any atom is 0.232 e. The summed E-state index contributed by atoms with van der Waals surface area (Å²) < 4.78 is 39.8. The van der Waals surface area contributed by atoms with Crippen molar-refractivity contribution in [3.05, 3.63) is 27.6 Å². The maximum absolute atomic E-state index is 12.9. The topological polar surface area (TPSA) is 58.2 Å². The lowest BCUT2D eigenvalue weighted by molar-refractivity contribution is 0.561. The molecule has 0 amide bonds. The van der Waals surface area contributed by atoms with Gasteiger partial charge < -0.3 is 5.32 Å². The van der Waals surface area contributed by atoms with E-state index in [1.165, 1.54) is 18.2 Å². The molecule has 0 fully saturated rings. The van der Waals surface area contributed by atoms with E-state index in [1.807, 2.05) is 22.6 Å². The Kier molecular flexibility index (Phi) is 7.18. The minimum atomic E-state index is -3.38. The molecule has 7 heteroatoms. The summed E-state index contributed by atoms with van der Waals surface area (Å²) in [6.45, 7) is 4.91. The van der Waals surface area contributed by atoms with Gasteiger partial charge in [0.2, 0.25) is 10.0 Å². The third-order valence-electron chi connectivity index (χ3n) is 2.59. The first-order valence-electron chi connectivity index (χ1n) is 6.49. The Balaban J connectivity index is 2.45. The molecule has 0 saturated carbocycles. The van der Waals surface area contributed by atoms with Gasteiger partial charge in [0.05, 0.1) is 11.4 Å². The predicted octanol–water partition coefficient (Wildman–Crippen LogP) is 2.95. The van der Waals surface area contributed by atoms with Gasteiger partial charge in [-0.1, -0.05) is 13.8 Å². The zero-order valence-electron chi connectivity index (χ0n) is 11.6. The average Bonchev–Trinajstić information content (AvgIpc) is 2.32. The number of hydrogen-bond donors (Lipinski definition) is 2. The van der Waals surface area contributed by atoms with Crippen LogP contribution in [0.15, 0.2) is 18.2 Å². The molecule has 114 valence electrons. The van der Waals surface area contributed by atoms with Gasteiger partial charge in [0, 0.05) is 9.61 Å². The second-order valence-corrected chi connectivity index (χ2v) is 7.87. The highest BCUT2D eigenvalue weighted by Gasteiger charge is 2.12. The van der Waals surface area contributed by atoms with Crippen molar-refractivity contribution >= 4 is 38.3 Å². The normalized spacial score (nSPS) is 11.8. The molecule has 0 heterocycles. The molecule has 4 nitrogen and oxygen atoms in total. The van der Waals surface area contributed by atoms with E-state index in [9.17, 15) is 12.8 Å². The predicted molar refractivity (Wildman–Crippen MR) is 88.9 cm³/mol. The van der Waals surface area contributed by atoms with Crippen LogP contribution in [0.4, 0.5) is 10.1 Å². The van der Waals surface area contributed by atoms with Crippen molar-refractivity contribution in [2.45, 2.75) is 32.7 Å². The number of benzene rings is 1. The van der Waals surface area contributed by atoms with E-state index in [-0.39, 0.29) is 11.6 Å². The Labute approximate surface area is 133 Å². The van der Waals surface area contributed by atoms with Crippen LogP contribution in [0.5, 0.6) is 0 Å². The molecule has 0 spiro atoms. The first-order chi connectivity index (χ1) is 9.30. The summed E-state index contributed by atoms with van der Waals surface area (Å²) in [7, 11) is -3.38. The Hall–Kier alpha value is -0.410. The van der Waals surface area contributed by atoms with Crippen LogP contribution in [0.3, 0.4) is 0 Å². The van der Waals surface area contributed by atoms with Crippen molar-refractivity contribution < 1.29 is 12.8 Å². The second kappa shape index (κ2) is 8.14. The maximum atomic E-state index is 12.9. The molecule has 0 radical (unpaired) electrons. The lowest BCUT2D eigenvalue weighted by Crippen LogP contribution is -2.24. The summed E-state index contributed by atoms with van der Waals surface area (Å²) in [5.74, 6) is -0.308. The van der Waals surface area contributed by atoms with Crippen LogP contribution >= 0.6 is 22.6 Å². The van der Waals surface area contributed by atoms with Crippen molar-refractivity contribution in [2.24, 2.45) is 0 Å². The highest BCUT2D eigenvalue weighted by atomic mass is 127. The second-order valence-electron chi connectivity index (χ2n) is 4.86. The fourth-order valence-electron chi connectivity index (χ4n) is 1.60. The Bertz CT molecular complexity index is 535. The van der Waals surface area contributed by atoms with Crippen LogP contribution in [-0.2, 0) is 10.0 Å². The molecule has 1 aromatic rings. The minimum absolute atomic E-state index is 0.0697. The van der Waals surface area contributed by atoms with Crippen LogP contribution in [0.2, 0.25) is 0 Å². The first-order valence-corrected chi connectivity index (χ1v) is 9.22. The van der Waals surface area contributed by atoms with E-state index in [4.69, 9.17) is 0 Å². The van der Waals surface area contributed by atoms with Crippen molar-refractivity contribution in [1.29, 1.82) is 0 Å². The lowest BCUT2D eigenvalue weighted by atomic mass is 10.3. The van der Waals surface area contributed by atoms with Gasteiger partial charge in [-0.15, -0.1) is 0 Å². The van der Waals surface area contributed by atoms with E-state index in [0.29, 0.717) is 21.7 Å². The van der Waals surface area contributed by atoms with Gasteiger partial charge in [0.1, 0.15) is 5.82 Å². The molecule has 0 aromatic heterocycles. The van der Waals surface area contributed by atoms with E-state index in [2.05, 4.69) is 23.9 Å². The van der Waals surface area contributed by atoms with E-state index in [0.717, 1.165) is 13.0 Å². The number of hydrogen-bond acceptors (Lipinski definition) is 3. The number of nitrogens with one attached hydrogen (secondary N) is 2. The van der Waals surface area contributed by atoms with Crippen LogP contribution in [0, 0.1) is 9.39 Å². The molecule has 0 aliphatic rings. The molecule has 0 aliphatic heterocycles. The highest BCUT2D eigenvalue weighted by molar-refractivity contribution is 14.1. The number of unbranched alkanes of at least 4 members (excludes halogenated alkanes) is 1. The van der Waals surface area contributed by atoms with Gasteiger partial charge in [-0.25, -0.2) is 12.8 Å². The van der Waals surface area contributed by atoms with Crippen LogP contribution in [0.25, 0.3) is 0 Å². The number of halogens is 2. The smallest absolute Gasteiger partial charge is 0.232 e. The fraction of sp³-hybridized carbons (Fsp3) is 0.538. The first kappa shape index (κ1) is 17.6. The van der Waals surface area contributed by atoms with Crippen LogP contribution < -0.4 is 10.0 Å². The monoisotopic (exact) mass is 414 g/mol. The molecule has 0 unspecified atom stereocenters. The molecular weight excluding hydrogens is 394 g/mol. The molecular formula is C13H20FIN2O2S. The summed E-state index contributed by atoms with van der Waals surface area (Å²) in [6.07, 6.45) is 1.40. The fourth-order valence-corrected chi connectivity index (χ4v) is 3.59. The third-order valence-corrected chi connectivity index (χ3v) is 4.84. The number of rotatable bonds is 8. The van der Waals surface area contributed by atoms with Gasteiger partial charge >= 0.3 is 0 Å². The summed E-state index contributed by atoms with van der Waals surface area (Å²) in [6, 6.07) is 4.39. The standard InChI is InChI=1S/C13H20FIN2O2S/c1-10(2)16-7-3-4-8-20(18,19)17-13-6-5-11(14)9-12(13)15/h5-6,9-10,16-17H,3-4,7-8H2,1-2H3. The molecule has 1 rings (SSSR count). The number of sulfonamides is 1. The summed E-state index contributed by atoms with van der Waals surface area (Å²) in [5.41, 5.74) is 0.423. The molecule has 20 heavy (non-hydrogen) atoms. The Morgan fingerprint density at radius 2 is 2.00 bits per heavy atom. The number of anilines is 1. The van der Waals surface area contributed by atoms with Crippen LogP contribution in [0.1, 0.15) is 26.7 Å². The summed E-state index contributed by atoms with van der Waals surface area (Å²) in [5, 5.41) is 3.24. The van der Waals surface area contributed by atoms with Crippen molar-refractivity contribution in [2.75, 3.05) is 17.0 Å². The lowest BCUT2D eigenvalue weighted by Gasteiger charge is -2.10.